The molecule has 0 bridgehead atoms. The fourth-order valence-corrected chi connectivity index (χ4v) is 4.37. The summed E-state index contributed by atoms with van der Waals surface area (Å²) in [5.41, 5.74) is -0.201. The average molecular weight is 347 g/mol. The Labute approximate surface area is 139 Å². The van der Waals surface area contributed by atoms with Crippen molar-refractivity contribution in [2.75, 3.05) is 26.2 Å². The average Bonchev–Trinajstić information content (AvgIpc) is 2.46. The van der Waals surface area contributed by atoms with Crippen molar-refractivity contribution < 1.29 is 17.9 Å². The maximum Gasteiger partial charge on any atom is 0.276 e. The van der Waals surface area contributed by atoms with Crippen LogP contribution >= 0.6 is 0 Å². The Morgan fingerprint density at radius 2 is 1.91 bits per heavy atom. The van der Waals surface area contributed by atoms with Gasteiger partial charge in [0.1, 0.15) is 0 Å². The van der Waals surface area contributed by atoms with Crippen LogP contribution in [0.1, 0.15) is 46.5 Å². The van der Waals surface area contributed by atoms with Gasteiger partial charge in [0, 0.05) is 38.2 Å². The van der Waals surface area contributed by atoms with E-state index in [2.05, 4.69) is 13.8 Å². The summed E-state index contributed by atoms with van der Waals surface area (Å²) in [4.78, 5) is 14.8. The number of amides is 1. The number of nitrogens with zero attached hydrogens (tertiary/aromatic N) is 2. The lowest BCUT2D eigenvalue weighted by atomic mass is 9.90. The first-order chi connectivity index (χ1) is 10.6. The topological polar surface area (TPSA) is 92.9 Å². The Hall–Kier alpha value is -0.700. The highest BCUT2D eigenvalue weighted by Gasteiger charge is 2.37. The van der Waals surface area contributed by atoms with Gasteiger partial charge in [-0.15, -0.1) is 0 Å². The molecule has 0 aliphatic carbocycles. The zero-order chi connectivity index (χ0) is 17.3. The molecule has 0 spiro atoms. The molecule has 0 aromatic carbocycles. The van der Waals surface area contributed by atoms with Crippen LogP contribution in [0.15, 0.2) is 0 Å². The molecule has 7 nitrogen and oxygen atoms in total. The Morgan fingerprint density at radius 1 is 1.30 bits per heavy atom. The van der Waals surface area contributed by atoms with E-state index >= 15 is 0 Å². The highest BCUT2D eigenvalue weighted by Crippen LogP contribution is 2.29. The van der Waals surface area contributed by atoms with Gasteiger partial charge in [0.25, 0.3) is 10.2 Å². The molecule has 1 atom stereocenters. The number of piperidine rings is 1. The molecule has 2 heterocycles. The number of nitrogens with two attached hydrogens (primary N) is 1. The van der Waals surface area contributed by atoms with Gasteiger partial charge in [-0.25, -0.2) is 5.14 Å². The van der Waals surface area contributed by atoms with Gasteiger partial charge in [0.05, 0.1) is 5.60 Å². The van der Waals surface area contributed by atoms with E-state index in [-0.39, 0.29) is 23.5 Å². The van der Waals surface area contributed by atoms with Gasteiger partial charge < -0.3 is 9.64 Å². The lowest BCUT2D eigenvalue weighted by molar-refractivity contribution is -0.145. The molecule has 134 valence electrons. The Kier molecular flexibility index (Phi) is 5.71. The second kappa shape index (κ2) is 7.04. The molecule has 0 aromatic rings. The quantitative estimate of drug-likeness (QED) is 0.810. The summed E-state index contributed by atoms with van der Waals surface area (Å²) in [5, 5.41) is 5.15. The van der Waals surface area contributed by atoms with E-state index in [4.69, 9.17) is 9.88 Å². The molecule has 2 N–H and O–H groups in total. The third kappa shape index (κ3) is 4.65. The Bertz CT molecular complexity index is 527. The predicted molar refractivity (Wildman–Crippen MR) is 87.8 cm³/mol. The molecule has 0 saturated carbocycles. The number of hydrogen-bond acceptors (Lipinski definition) is 4. The molecular formula is C15H29N3O4S. The first kappa shape index (κ1) is 18.6. The highest BCUT2D eigenvalue weighted by atomic mass is 32.2. The number of carbonyl (C=O) groups excluding carboxylic acids is 1. The van der Waals surface area contributed by atoms with Crippen molar-refractivity contribution in [2.45, 2.75) is 58.1 Å². The molecule has 2 aliphatic rings. The summed E-state index contributed by atoms with van der Waals surface area (Å²) in [7, 11) is -3.64. The zero-order valence-electron chi connectivity index (χ0n) is 14.3. The van der Waals surface area contributed by atoms with E-state index in [1.165, 1.54) is 4.31 Å². The zero-order valence-corrected chi connectivity index (χ0v) is 15.1. The van der Waals surface area contributed by atoms with Gasteiger partial charge in [-0.2, -0.15) is 12.7 Å². The molecule has 2 rings (SSSR count). The fourth-order valence-electron chi connectivity index (χ4n) is 3.65. The molecule has 0 radical (unpaired) electrons. The number of ether oxygens (including phenoxy) is 1. The molecule has 23 heavy (non-hydrogen) atoms. The maximum atomic E-state index is 12.9. The summed E-state index contributed by atoms with van der Waals surface area (Å²) in [5.74, 6) is 0.0307. The Morgan fingerprint density at radius 3 is 2.39 bits per heavy atom. The third-order valence-corrected chi connectivity index (χ3v) is 5.98. The molecule has 2 saturated heterocycles. The smallest absolute Gasteiger partial charge is 0.276 e. The van der Waals surface area contributed by atoms with Crippen LogP contribution in [0.25, 0.3) is 0 Å². The van der Waals surface area contributed by atoms with Crippen molar-refractivity contribution >= 4 is 16.1 Å². The van der Waals surface area contributed by atoms with Gasteiger partial charge in [0.15, 0.2) is 0 Å². The number of hydrogen-bond donors (Lipinski definition) is 1. The van der Waals surface area contributed by atoms with E-state index in [1.54, 1.807) is 0 Å². The van der Waals surface area contributed by atoms with Crippen molar-refractivity contribution in [3.63, 3.8) is 0 Å². The molecular weight excluding hydrogens is 318 g/mol. The van der Waals surface area contributed by atoms with Gasteiger partial charge in [-0.05, 0) is 46.5 Å². The van der Waals surface area contributed by atoms with Crippen molar-refractivity contribution in [2.24, 2.45) is 11.1 Å². The highest BCUT2D eigenvalue weighted by molar-refractivity contribution is 7.86. The largest absolute Gasteiger partial charge is 0.375 e. The standard InChI is InChI=1S/C15H29N3O4S/c1-4-18(13-7-10-22-15(2,3)11-13)14(19)12-5-8-17(9-6-12)23(16,20)21/h12-13H,4-11H2,1-3H3,(H2,16,20,21). The van der Waals surface area contributed by atoms with E-state index in [0.29, 0.717) is 39.1 Å². The number of rotatable bonds is 4. The second-order valence-corrected chi connectivity index (χ2v) is 8.64. The van der Waals surface area contributed by atoms with Gasteiger partial charge in [-0.1, -0.05) is 0 Å². The minimum atomic E-state index is -3.64. The first-order valence-electron chi connectivity index (χ1n) is 8.36. The predicted octanol–water partition coefficient (Wildman–Crippen LogP) is 0.708. The van der Waals surface area contributed by atoms with E-state index < -0.39 is 10.2 Å². The van der Waals surface area contributed by atoms with Crippen molar-refractivity contribution in [3.05, 3.63) is 0 Å². The van der Waals surface area contributed by atoms with Crippen LogP contribution in [0.5, 0.6) is 0 Å². The number of carbonyl (C=O) groups is 1. The minimum absolute atomic E-state index is 0.112. The summed E-state index contributed by atoms with van der Waals surface area (Å²) >= 11 is 0. The van der Waals surface area contributed by atoms with Gasteiger partial charge >= 0.3 is 0 Å². The minimum Gasteiger partial charge on any atom is -0.375 e. The van der Waals surface area contributed by atoms with Gasteiger partial charge in [0.2, 0.25) is 5.91 Å². The van der Waals surface area contributed by atoms with Crippen LogP contribution in [0.4, 0.5) is 0 Å². The molecule has 1 unspecified atom stereocenters. The van der Waals surface area contributed by atoms with Crippen LogP contribution in [-0.4, -0.2) is 61.4 Å². The first-order valence-corrected chi connectivity index (χ1v) is 9.86. The van der Waals surface area contributed by atoms with Crippen LogP contribution < -0.4 is 5.14 Å². The Balaban J connectivity index is 1.98. The molecule has 1 amide bonds. The van der Waals surface area contributed by atoms with E-state index in [0.717, 1.165) is 12.8 Å². The molecule has 8 heteroatoms. The van der Waals surface area contributed by atoms with Crippen LogP contribution in [0.3, 0.4) is 0 Å². The summed E-state index contributed by atoms with van der Waals surface area (Å²) in [6.45, 7) is 8.11. The third-order valence-electron chi connectivity index (χ3n) is 4.90. The van der Waals surface area contributed by atoms with Crippen LogP contribution in [-0.2, 0) is 19.7 Å². The lowest BCUT2D eigenvalue weighted by Gasteiger charge is -2.42. The maximum absolute atomic E-state index is 12.9. The van der Waals surface area contributed by atoms with Gasteiger partial charge in [-0.3, -0.25) is 4.79 Å². The normalized spacial score (nSPS) is 26.9. The molecule has 0 aromatic heterocycles. The molecule has 2 aliphatic heterocycles. The fraction of sp³-hybridized carbons (Fsp3) is 0.933. The van der Waals surface area contributed by atoms with Crippen molar-refractivity contribution in [3.8, 4) is 0 Å². The van der Waals surface area contributed by atoms with Crippen molar-refractivity contribution in [1.82, 2.24) is 9.21 Å². The summed E-state index contributed by atoms with van der Waals surface area (Å²) < 4.78 is 29.7. The summed E-state index contributed by atoms with van der Waals surface area (Å²) in [6.07, 6.45) is 2.78. The van der Waals surface area contributed by atoms with Crippen molar-refractivity contribution in [1.29, 1.82) is 0 Å². The second-order valence-electron chi connectivity index (χ2n) is 7.10. The van der Waals surface area contributed by atoms with Crippen LogP contribution in [0.2, 0.25) is 0 Å². The van der Waals surface area contributed by atoms with Crippen LogP contribution in [0, 0.1) is 5.92 Å². The summed E-state index contributed by atoms with van der Waals surface area (Å²) in [6, 6.07) is 0.201. The SMILES string of the molecule is CCN(C(=O)C1CCN(S(N)(=O)=O)CC1)C1CCOC(C)(C)C1. The monoisotopic (exact) mass is 347 g/mol. The lowest BCUT2D eigenvalue weighted by Crippen LogP contribution is -2.52. The van der Waals surface area contributed by atoms with E-state index in [1.807, 2.05) is 11.8 Å². The van der Waals surface area contributed by atoms with E-state index in [9.17, 15) is 13.2 Å². The molecule has 2 fully saturated rings.